The molecule has 140 valence electrons. The number of pyridine rings is 1. The molecule has 2 atom stereocenters. The molecule has 3 heterocycles. The minimum atomic E-state index is 0. The van der Waals surface area contributed by atoms with Crippen molar-refractivity contribution < 1.29 is 60.8 Å². The molecule has 10 heteroatoms. The van der Waals surface area contributed by atoms with Crippen molar-refractivity contribution in [1.82, 2.24) is 4.98 Å². The minimum absolute atomic E-state index is 0. The van der Waals surface area contributed by atoms with Gasteiger partial charge in [0.15, 0.2) is 0 Å². The zero-order valence-electron chi connectivity index (χ0n) is 13.8. The third kappa shape index (κ3) is 6.09. The maximum absolute atomic E-state index is 5.59. The molecular formula is C15H19Cl2FeN3O4. The van der Waals surface area contributed by atoms with Crippen LogP contribution in [0.3, 0.4) is 0 Å². The number of hydrogen-bond acceptors (Lipinski definition) is 7. The second-order valence-electron chi connectivity index (χ2n) is 5.12. The summed E-state index contributed by atoms with van der Waals surface area (Å²) in [6.07, 6.45) is 0. The van der Waals surface area contributed by atoms with Gasteiger partial charge in [-0.1, -0.05) is 6.07 Å². The number of halogens is 2. The van der Waals surface area contributed by atoms with Crippen molar-refractivity contribution in [3.63, 3.8) is 0 Å². The summed E-state index contributed by atoms with van der Waals surface area (Å²) < 4.78 is 21.4. The molecule has 0 aromatic carbocycles. The second-order valence-corrected chi connectivity index (χ2v) is 5.12. The Hall–Kier alpha value is -0.891. The Morgan fingerprint density at radius 1 is 0.920 bits per heavy atom. The summed E-state index contributed by atoms with van der Waals surface area (Å²) in [4.78, 5) is 13.5. The van der Waals surface area contributed by atoms with Crippen molar-refractivity contribution in [3.05, 3.63) is 29.6 Å². The molecule has 0 saturated carbocycles. The smallest absolute Gasteiger partial charge is 1.00 e. The summed E-state index contributed by atoms with van der Waals surface area (Å²) in [7, 11) is 3.30. The van der Waals surface area contributed by atoms with Gasteiger partial charge in [0.05, 0.1) is 13.2 Å². The predicted octanol–water partition coefficient (Wildman–Crippen LogP) is -5.33. The largest absolute Gasteiger partial charge is 2.00 e. The van der Waals surface area contributed by atoms with Crippen molar-refractivity contribution in [2.24, 2.45) is 9.98 Å². The van der Waals surface area contributed by atoms with E-state index >= 15 is 0 Å². The Labute approximate surface area is 169 Å². The standard InChI is InChI=1S/C15H19N3O4.2ClH.Fe/c1-19-6-10-8-21-14(16-10)12-4-3-5-13(18-12)15-17-11(7-20-2)9-22-15;;;/h3-5,10-11H,6-9H2,1-2H3;2*1H;/q;;;+2/p-2. The molecule has 0 saturated heterocycles. The molecule has 1 aromatic heterocycles. The van der Waals surface area contributed by atoms with E-state index in [-0.39, 0.29) is 54.0 Å². The first-order valence-electron chi connectivity index (χ1n) is 7.17. The van der Waals surface area contributed by atoms with Crippen molar-refractivity contribution in [1.29, 1.82) is 0 Å². The van der Waals surface area contributed by atoms with E-state index in [2.05, 4.69) is 15.0 Å². The van der Waals surface area contributed by atoms with E-state index < -0.39 is 0 Å². The summed E-state index contributed by atoms with van der Waals surface area (Å²) in [6, 6.07) is 5.66. The summed E-state index contributed by atoms with van der Waals surface area (Å²) in [5.74, 6) is 1.08. The molecule has 25 heavy (non-hydrogen) atoms. The van der Waals surface area contributed by atoms with Gasteiger partial charge in [0.2, 0.25) is 11.8 Å². The summed E-state index contributed by atoms with van der Waals surface area (Å²) >= 11 is 0. The van der Waals surface area contributed by atoms with E-state index in [4.69, 9.17) is 18.9 Å². The molecule has 2 aliphatic rings. The van der Waals surface area contributed by atoms with Gasteiger partial charge in [-0.3, -0.25) is 0 Å². The molecule has 0 amide bonds. The van der Waals surface area contributed by atoms with Gasteiger partial charge in [0.1, 0.15) is 36.7 Å². The molecular weight excluding hydrogens is 413 g/mol. The topological polar surface area (TPSA) is 74.5 Å². The van der Waals surface area contributed by atoms with Crippen molar-refractivity contribution in [2.75, 3.05) is 40.6 Å². The molecule has 2 aliphatic heterocycles. The molecule has 0 spiro atoms. The molecule has 7 nitrogen and oxygen atoms in total. The first-order chi connectivity index (χ1) is 10.8. The molecule has 3 rings (SSSR count). The number of hydrogen-bond donors (Lipinski definition) is 0. The van der Waals surface area contributed by atoms with Crippen LogP contribution in [0.4, 0.5) is 0 Å². The molecule has 1 aromatic rings. The van der Waals surface area contributed by atoms with Gasteiger partial charge < -0.3 is 43.8 Å². The van der Waals surface area contributed by atoms with E-state index in [1.807, 2.05) is 18.2 Å². The zero-order valence-corrected chi connectivity index (χ0v) is 16.4. The average molecular weight is 432 g/mol. The van der Waals surface area contributed by atoms with Gasteiger partial charge in [-0.2, -0.15) is 0 Å². The van der Waals surface area contributed by atoms with E-state index in [1.165, 1.54) is 0 Å². The van der Waals surface area contributed by atoms with Gasteiger partial charge in [-0.25, -0.2) is 15.0 Å². The van der Waals surface area contributed by atoms with Gasteiger partial charge in [0.25, 0.3) is 0 Å². The van der Waals surface area contributed by atoms with Crippen LogP contribution in [0.2, 0.25) is 0 Å². The Bertz CT molecular complexity index is 557. The van der Waals surface area contributed by atoms with Crippen LogP contribution < -0.4 is 24.8 Å². The number of methoxy groups -OCH3 is 2. The second kappa shape index (κ2) is 11.7. The average Bonchev–Trinajstić information content (AvgIpc) is 3.18. The maximum atomic E-state index is 5.59. The minimum Gasteiger partial charge on any atom is -1.00 e. The van der Waals surface area contributed by atoms with Crippen molar-refractivity contribution in [2.45, 2.75) is 12.1 Å². The third-order valence-electron chi connectivity index (χ3n) is 3.33. The maximum Gasteiger partial charge on any atom is 2.00 e. The first-order valence-corrected chi connectivity index (χ1v) is 7.17. The Balaban J connectivity index is 0.00000192. The van der Waals surface area contributed by atoms with Crippen LogP contribution in [0.15, 0.2) is 28.2 Å². The first kappa shape index (κ1) is 24.1. The number of aromatic nitrogens is 1. The van der Waals surface area contributed by atoms with Crippen LogP contribution in [0.5, 0.6) is 0 Å². The van der Waals surface area contributed by atoms with Gasteiger partial charge in [-0.05, 0) is 12.1 Å². The fourth-order valence-electron chi connectivity index (χ4n) is 2.34. The van der Waals surface area contributed by atoms with E-state index in [1.54, 1.807) is 14.2 Å². The number of rotatable bonds is 6. The van der Waals surface area contributed by atoms with Gasteiger partial charge >= 0.3 is 17.1 Å². The van der Waals surface area contributed by atoms with Gasteiger partial charge in [-0.15, -0.1) is 0 Å². The summed E-state index contributed by atoms with van der Waals surface area (Å²) in [5.41, 5.74) is 1.36. The van der Waals surface area contributed by atoms with Gasteiger partial charge in [0, 0.05) is 14.2 Å². The van der Waals surface area contributed by atoms with E-state index in [9.17, 15) is 0 Å². The van der Waals surface area contributed by atoms with Crippen molar-refractivity contribution >= 4 is 11.8 Å². The van der Waals surface area contributed by atoms with Crippen LogP contribution in [0, 0.1) is 0 Å². The normalized spacial score (nSPS) is 20.9. The summed E-state index contributed by atoms with van der Waals surface area (Å²) in [6.45, 7) is 2.11. The van der Waals surface area contributed by atoms with Crippen LogP contribution in [0.25, 0.3) is 0 Å². The van der Waals surface area contributed by atoms with Crippen LogP contribution in [0.1, 0.15) is 11.4 Å². The molecule has 2 unspecified atom stereocenters. The SMILES string of the molecule is COCC1COC(c2cccc(C3=NC(COC)CO3)n2)=N1.[Cl-].[Cl-].[Fe+2]. The fourth-order valence-corrected chi connectivity index (χ4v) is 2.34. The Kier molecular flexibility index (Phi) is 11.3. The summed E-state index contributed by atoms with van der Waals surface area (Å²) in [5, 5.41) is 0. The monoisotopic (exact) mass is 431 g/mol. The molecule has 0 radical (unpaired) electrons. The van der Waals surface area contributed by atoms with E-state index in [0.29, 0.717) is 49.6 Å². The zero-order chi connectivity index (χ0) is 15.4. The number of ether oxygens (including phenoxy) is 4. The fraction of sp³-hybridized carbons (Fsp3) is 0.533. The third-order valence-corrected chi connectivity index (χ3v) is 3.33. The van der Waals surface area contributed by atoms with Crippen LogP contribution in [-0.2, 0) is 36.0 Å². The van der Waals surface area contributed by atoms with Crippen LogP contribution in [-0.4, -0.2) is 69.5 Å². The number of aliphatic imine (C=N–C) groups is 2. The molecule has 0 fully saturated rings. The van der Waals surface area contributed by atoms with E-state index in [0.717, 1.165) is 0 Å². The quantitative estimate of drug-likeness (QED) is 0.420. The van der Waals surface area contributed by atoms with Crippen LogP contribution >= 0.6 is 0 Å². The van der Waals surface area contributed by atoms with Crippen molar-refractivity contribution in [3.8, 4) is 0 Å². The molecule has 0 bridgehead atoms. The Morgan fingerprint density at radius 3 is 1.76 bits per heavy atom. The Morgan fingerprint density at radius 2 is 1.36 bits per heavy atom. The number of nitrogens with zero attached hydrogens (tertiary/aromatic N) is 3. The molecule has 0 aliphatic carbocycles. The predicted molar refractivity (Wildman–Crippen MR) is 80.5 cm³/mol. The molecule has 0 N–H and O–H groups in total.